The predicted octanol–water partition coefficient (Wildman–Crippen LogP) is 4.13. The number of amides is 1. The molecule has 3 rings (SSSR count). The lowest BCUT2D eigenvalue weighted by Crippen LogP contribution is -2.31. The molecule has 0 spiro atoms. The minimum atomic E-state index is -0.666. The highest BCUT2D eigenvalue weighted by Gasteiger charge is 2.18. The van der Waals surface area contributed by atoms with Crippen molar-refractivity contribution in [3.05, 3.63) is 79.7 Å². The van der Waals surface area contributed by atoms with Gasteiger partial charge in [0, 0.05) is 31.9 Å². The maximum absolute atomic E-state index is 12.5. The first-order valence-corrected chi connectivity index (χ1v) is 10.9. The van der Waals surface area contributed by atoms with Gasteiger partial charge in [0.1, 0.15) is 6.54 Å². The van der Waals surface area contributed by atoms with Gasteiger partial charge < -0.3 is 14.6 Å². The summed E-state index contributed by atoms with van der Waals surface area (Å²) in [5, 5.41) is 4.51. The first-order valence-electron chi connectivity index (χ1n) is 9.27. The molecular weight excluding hydrogens is 468 g/mol. The fourth-order valence-electron chi connectivity index (χ4n) is 3.02. The summed E-state index contributed by atoms with van der Waals surface area (Å²) in [6, 6.07) is 12.6. The number of rotatable bonds is 8. The van der Waals surface area contributed by atoms with Gasteiger partial charge in [-0.2, -0.15) is 0 Å². The molecule has 1 N–H and O–H groups in total. The Morgan fingerprint density at radius 1 is 1.13 bits per heavy atom. The fourth-order valence-corrected chi connectivity index (χ4v) is 3.97. The first kappa shape index (κ1) is 22.0. The molecule has 6 nitrogen and oxygen atoms in total. The summed E-state index contributed by atoms with van der Waals surface area (Å²) in [5.74, 6) is -1.32. The van der Waals surface area contributed by atoms with Crippen molar-refractivity contribution >= 4 is 44.9 Å². The van der Waals surface area contributed by atoms with Gasteiger partial charge in [-0.1, -0.05) is 22.0 Å². The van der Waals surface area contributed by atoms with Crippen molar-refractivity contribution in [1.29, 1.82) is 0 Å². The molecule has 0 aliphatic rings. The van der Waals surface area contributed by atoms with Gasteiger partial charge in [-0.25, -0.2) is 0 Å². The number of nitrogens with zero attached hydrogens (tertiary/aromatic N) is 1. The van der Waals surface area contributed by atoms with Crippen molar-refractivity contribution in [2.45, 2.75) is 20.4 Å². The van der Waals surface area contributed by atoms with E-state index in [0.29, 0.717) is 17.7 Å². The molecule has 0 fully saturated rings. The maximum atomic E-state index is 12.5. The number of carbonyl (C=O) groups is 3. The molecule has 0 saturated heterocycles. The van der Waals surface area contributed by atoms with Crippen LogP contribution in [0.4, 0.5) is 0 Å². The highest BCUT2D eigenvalue weighted by Crippen LogP contribution is 2.20. The number of ketones is 1. The molecule has 0 bridgehead atoms. The highest BCUT2D eigenvalue weighted by molar-refractivity contribution is 9.10. The van der Waals surface area contributed by atoms with Crippen molar-refractivity contribution in [3.63, 3.8) is 0 Å². The zero-order chi connectivity index (χ0) is 21.7. The van der Waals surface area contributed by atoms with E-state index in [1.165, 1.54) is 4.88 Å². The molecule has 8 heteroatoms. The first-order chi connectivity index (χ1) is 14.3. The van der Waals surface area contributed by atoms with Crippen molar-refractivity contribution in [2.75, 3.05) is 13.2 Å². The summed E-state index contributed by atoms with van der Waals surface area (Å²) >= 11 is 4.96. The number of halogens is 1. The number of thiophene rings is 1. The third kappa shape index (κ3) is 5.46. The average Bonchev–Trinajstić information content (AvgIpc) is 3.34. The summed E-state index contributed by atoms with van der Waals surface area (Å²) in [6.07, 6.45) is 0. The maximum Gasteiger partial charge on any atom is 0.325 e. The van der Waals surface area contributed by atoms with Crippen molar-refractivity contribution in [2.24, 2.45) is 0 Å². The van der Waals surface area contributed by atoms with Crippen LogP contribution in [0.1, 0.15) is 37.0 Å². The third-order valence-corrected chi connectivity index (χ3v) is 6.02. The number of esters is 1. The van der Waals surface area contributed by atoms with Crippen LogP contribution in [-0.2, 0) is 16.1 Å². The molecule has 0 saturated carbocycles. The number of aryl methyl sites for hydroxylation is 1. The van der Waals surface area contributed by atoms with Crippen LogP contribution < -0.4 is 5.32 Å². The second kappa shape index (κ2) is 9.86. The second-order valence-electron chi connectivity index (χ2n) is 6.72. The highest BCUT2D eigenvalue weighted by atomic mass is 79.9. The van der Waals surface area contributed by atoms with Gasteiger partial charge in [-0.3, -0.25) is 14.4 Å². The van der Waals surface area contributed by atoms with Crippen LogP contribution >= 0.6 is 27.3 Å². The predicted molar refractivity (Wildman–Crippen MR) is 119 cm³/mol. The lowest BCUT2D eigenvalue weighted by atomic mass is 10.1. The molecule has 30 heavy (non-hydrogen) atoms. The summed E-state index contributed by atoms with van der Waals surface area (Å²) in [7, 11) is 0. The van der Waals surface area contributed by atoms with E-state index in [2.05, 4.69) is 31.9 Å². The number of hydrogen-bond donors (Lipinski definition) is 1. The molecule has 1 amide bonds. The van der Waals surface area contributed by atoms with E-state index in [0.717, 1.165) is 15.9 Å². The molecule has 2 aromatic heterocycles. The lowest BCUT2D eigenvalue weighted by Gasteiger charge is -2.09. The van der Waals surface area contributed by atoms with Gasteiger partial charge in [0.05, 0.1) is 6.54 Å². The van der Waals surface area contributed by atoms with E-state index >= 15 is 0 Å². The topological polar surface area (TPSA) is 77.4 Å². The molecule has 0 unspecified atom stereocenters. The Hall–Kier alpha value is -2.71. The van der Waals surface area contributed by atoms with Crippen molar-refractivity contribution in [1.82, 2.24) is 9.88 Å². The standard InChI is InChI=1S/C22H21BrN2O4S/c1-14-10-19(15(2)25(14)12-18-4-3-9-30-18)20(26)13-29-21(27)11-24-22(28)16-5-7-17(23)8-6-16/h3-10H,11-13H2,1-2H3,(H,24,28). The Kier molecular flexibility index (Phi) is 7.23. The Morgan fingerprint density at radius 3 is 2.53 bits per heavy atom. The summed E-state index contributed by atoms with van der Waals surface area (Å²) in [4.78, 5) is 37.7. The van der Waals surface area contributed by atoms with Crippen LogP contribution in [0.15, 0.2) is 52.3 Å². The van der Waals surface area contributed by atoms with E-state index in [1.807, 2.05) is 31.4 Å². The Bertz CT molecular complexity index is 1060. The quantitative estimate of drug-likeness (QED) is 0.381. The second-order valence-corrected chi connectivity index (χ2v) is 8.67. The van der Waals surface area contributed by atoms with Crippen LogP contribution in [0.5, 0.6) is 0 Å². The van der Waals surface area contributed by atoms with E-state index in [1.54, 1.807) is 35.6 Å². The Morgan fingerprint density at radius 2 is 1.87 bits per heavy atom. The van der Waals surface area contributed by atoms with Crippen molar-refractivity contribution < 1.29 is 19.1 Å². The van der Waals surface area contributed by atoms with Crippen LogP contribution in [0, 0.1) is 13.8 Å². The van der Waals surface area contributed by atoms with Gasteiger partial charge in [0.2, 0.25) is 5.78 Å². The molecule has 0 aliphatic heterocycles. The zero-order valence-electron chi connectivity index (χ0n) is 16.6. The number of benzene rings is 1. The normalized spacial score (nSPS) is 10.6. The monoisotopic (exact) mass is 488 g/mol. The summed E-state index contributed by atoms with van der Waals surface area (Å²) < 4.78 is 7.98. The minimum absolute atomic E-state index is 0.270. The number of nitrogens with one attached hydrogen (secondary N) is 1. The SMILES string of the molecule is Cc1cc(C(=O)COC(=O)CNC(=O)c2ccc(Br)cc2)c(C)n1Cc1cccs1. The van der Waals surface area contributed by atoms with Gasteiger partial charge >= 0.3 is 5.97 Å². The van der Waals surface area contributed by atoms with E-state index in [-0.39, 0.29) is 24.8 Å². The van der Waals surface area contributed by atoms with E-state index < -0.39 is 5.97 Å². The third-order valence-electron chi connectivity index (χ3n) is 4.63. The van der Waals surface area contributed by atoms with Crippen LogP contribution in [0.2, 0.25) is 0 Å². The van der Waals surface area contributed by atoms with Gasteiger partial charge in [-0.05, 0) is 55.6 Å². The van der Waals surface area contributed by atoms with Crippen LogP contribution in [0.3, 0.4) is 0 Å². The Labute approximate surface area is 187 Å². The Balaban J connectivity index is 1.52. The van der Waals surface area contributed by atoms with E-state index in [9.17, 15) is 14.4 Å². The number of aromatic nitrogens is 1. The number of hydrogen-bond acceptors (Lipinski definition) is 5. The molecule has 1 aromatic carbocycles. The largest absolute Gasteiger partial charge is 0.456 e. The van der Waals surface area contributed by atoms with Crippen LogP contribution in [-0.4, -0.2) is 35.4 Å². The number of carbonyl (C=O) groups excluding carboxylic acids is 3. The van der Waals surface area contributed by atoms with Crippen molar-refractivity contribution in [3.8, 4) is 0 Å². The lowest BCUT2D eigenvalue weighted by molar-refractivity contribution is -0.141. The molecule has 3 aromatic rings. The fraction of sp³-hybridized carbons (Fsp3) is 0.227. The van der Waals surface area contributed by atoms with Gasteiger partial charge in [-0.15, -0.1) is 11.3 Å². The molecule has 0 atom stereocenters. The zero-order valence-corrected chi connectivity index (χ0v) is 19.0. The van der Waals surface area contributed by atoms with Gasteiger partial charge in [0.15, 0.2) is 6.61 Å². The summed E-state index contributed by atoms with van der Waals surface area (Å²) in [5.41, 5.74) is 2.78. The molecule has 0 aliphatic carbocycles. The molecule has 0 radical (unpaired) electrons. The molecule has 156 valence electrons. The minimum Gasteiger partial charge on any atom is -0.456 e. The molecule has 2 heterocycles. The van der Waals surface area contributed by atoms with E-state index in [4.69, 9.17) is 4.74 Å². The smallest absolute Gasteiger partial charge is 0.325 e. The molecular formula is C22H21BrN2O4S. The number of Topliss-reactive ketones (excluding diaryl/α,β-unsaturated/α-hetero) is 1. The average molecular weight is 489 g/mol. The summed E-state index contributed by atoms with van der Waals surface area (Å²) in [6.45, 7) is 3.86. The van der Waals surface area contributed by atoms with Gasteiger partial charge in [0.25, 0.3) is 5.91 Å². The van der Waals surface area contributed by atoms with Crippen LogP contribution in [0.25, 0.3) is 0 Å². The number of ether oxygens (including phenoxy) is 1.